The first-order valence-corrected chi connectivity index (χ1v) is 12.7. The van der Waals surface area contributed by atoms with Gasteiger partial charge in [0, 0.05) is 55.3 Å². The van der Waals surface area contributed by atoms with Crippen LogP contribution >= 0.6 is 23.2 Å². The zero-order chi connectivity index (χ0) is 23.4. The van der Waals surface area contributed by atoms with Crippen LogP contribution in [0.3, 0.4) is 0 Å². The quantitative estimate of drug-likeness (QED) is 0.353. The van der Waals surface area contributed by atoms with Crippen molar-refractivity contribution in [3.05, 3.63) is 34.7 Å². The van der Waals surface area contributed by atoms with Crippen LogP contribution < -0.4 is 16.0 Å². The summed E-state index contributed by atoms with van der Waals surface area (Å²) in [5, 5.41) is 11.8. The van der Waals surface area contributed by atoms with Gasteiger partial charge in [0.1, 0.15) is 5.82 Å². The molecule has 180 valence electrons. The van der Waals surface area contributed by atoms with E-state index in [1.54, 1.807) is 19.5 Å². The summed E-state index contributed by atoms with van der Waals surface area (Å²) in [5.74, 6) is 0.841. The predicted molar refractivity (Wildman–Crippen MR) is 137 cm³/mol. The summed E-state index contributed by atoms with van der Waals surface area (Å²) in [7, 11) is 1.75. The van der Waals surface area contributed by atoms with Crippen molar-refractivity contribution in [1.29, 1.82) is 0 Å². The highest BCUT2D eigenvalue weighted by molar-refractivity contribution is 6.33. The number of halogens is 2. The van der Waals surface area contributed by atoms with Gasteiger partial charge in [-0.05, 0) is 63.0 Å². The fraction of sp³-hybridized carbons (Fsp3) is 0.600. The number of rotatable bonds is 10. The third-order valence-corrected chi connectivity index (χ3v) is 7.43. The third-order valence-electron chi connectivity index (χ3n) is 6.83. The minimum atomic E-state index is 0.376. The second-order valence-electron chi connectivity index (χ2n) is 9.99. The maximum atomic E-state index is 6.53. The summed E-state index contributed by atoms with van der Waals surface area (Å²) in [6, 6.07) is 5.38. The molecule has 0 aliphatic heterocycles. The first kappa shape index (κ1) is 24.5. The van der Waals surface area contributed by atoms with Crippen molar-refractivity contribution in [2.75, 3.05) is 30.9 Å². The highest BCUT2D eigenvalue weighted by Gasteiger charge is 2.36. The number of ether oxygens (including phenoxy) is 1. The van der Waals surface area contributed by atoms with E-state index in [-0.39, 0.29) is 0 Å². The monoisotopic (exact) mass is 491 g/mol. The third kappa shape index (κ3) is 6.72. The van der Waals surface area contributed by atoms with Crippen molar-refractivity contribution >= 4 is 34.7 Å². The molecule has 2 aromatic heterocycles. The number of anilines is 2. The maximum Gasteiger partial charge on any atom is 0.152 e. The van der Waals surface area contributed by atoms with Gasteiger partial charge < -0.3 is 20.7 Å². The van der Waals surface area contributed by atoms with Crippen molar-refractivity contribution in [1.82, 2.24) is 15.3 Å². The Bertz CT molecular complexity index is 944. The molecule has 2 aromatic rings. The standard InChI is InChI=1S/C25H35Cl2N5O/c1-16(14-33-3)31-18-4-6-19(7-5-18)32-23-11-20(21(26)13-28-23)17-10-22(24(27)29-12-17)30-15-25(2)8-9-25/h10-13,16,18-19,30-31H,4-9,14-15H2,1-3H3,(H,28,32). The van der Waals surface area contributed by atoms with Gasteiger partial charge in [-0.15, -0.1) is 0 Å². The lowest BCUT2D eigenvalue weighted by Crippen LogP contribution is -2.42. The number of nitrogens with one attached hydrogen (secondary N) is 3. The van der Waals surface area contributed by atoms with Gasteiger partial charge in [-0.2, -0.15) is 0 Å². The molecule has 0 saturated heterocycles. The van der Waals surface area contributed by atoms with Crippen molar-refractivity contribution in [3.63, 3.8) is 0 Å². The second-order valence-corrected chi connectivity index (χ2v) is 10.8. The summed E-state index contributed by atoms with van der Waals surface area (Å²) >= 11 is 12.9. The molecule has 0 amide bonds. The topological polar surface area (TPSA) is 71.1 Å². The Balaban J connectivity index is 1.39. The minimum Gasteiger partial charge on any atom is -0.383 e. The number of methoxy groups -OCH3 is 1. The van der Waals surface area contributed by atoms with Crippen LogP contribution in [0.15, 0.2) is 24.5 Å². The predicted octanol–water partition coefficient (Wildman–Crippen LogP) is 6.01. The van der Waals surface area contributed by atoms with Gasteiger partial charge in [-0.25, -0.2) is 9.97 Å². The molecule has 2 fully saturated rings. The lowest BCUT2D eigenvalue weighted by atomic mass is 9.90. The van der Waals surface area contributed by atoms with Gasteiger partial charge in [-0.1, -0.05) is 30.1 Å². The Morgan fingerprint density at radius 1 is 1.09 bits per heavy atom. The summed E-state index contributed by atoms with van der Waals surface area (Å²) in [4.78, 5) is 8.93. The lowest BCUT2D eigenvalue weighted by molar-refractivity contribution is 0.161. The number of nitrogens with zero attached hydrogens (tertiary/aromatic N) is 2. The molecule has 0 radical (unpaired) electrons. The number of pyridine rings is 2. The van der Waals surface area contributed by atoms with Crippen LogP contribution in [-0.4, -0.2) is 48.4 Å². The van der Waals surface area contributed by atoms with Crippen LogP contribution in [0.25, 0.3) is 11.1 Å². The maximum absolute atomic E-state index is 6.53. The van der Waals surface area contributed by atoms with Gasteiger partial charge in [0.15, 0.2) is 5.15 Å². The van der Waals surface area contributed by atoms with Crippen LogP contribution in [0.1, 0.15) is 52.4 Å². The van der Waals surface area contributed by atoms with Gasteiger partial charge in [0.2, 0.25) is 0 Å². The van der Waals surface area contributed by atoms with E-state index >= 15 is 0 Å². The molecule has 6 nitrogen and oxygen atoms in total. The molecule has 4 rings (SSSR count). The van der Waals surface area contributed by atoms with Crippen LogP contribution in [0.5, 0.6) is 0 Å². The minimum absolute atomic E-state index is 0.376. The Morgan fingerprint density at radius 2 is 1.82 bits per heavy atom. The largest absolute Gasteiger partial charge is 0.383 e. The molecule has 1 atom stereocenters. The molecular weight excluding hydrogens is 457 g/mol. The first-order valence-electron chi connectivity index (χ1n) is 11.9. The molecule has 2 heterocycles. The van der Waals surface area contributed by atoms with Gasteiger partial charge in [0.25, 0.3) is 0 Å². The second kappa shape index (κ2) is 10.8. The average molecular weight is 492 g/mol. The van der Waals surface area contributed by atoms with E-state index in [2.05, 4.69) is 39.8 Å². The molecular formula is C25H35Cl2N5O. The zero-order valence-electron chi connectivity index (χ0n) is 19.8. The van der Waals surface area contributed by atoms with Crippen LogP contribution in [0.4, 0.5) is 11.5 Å². The fourth-order valence-corrected chi connectivity index (χ4v) is 4.85. The number of aromatic nitrogens is 2. The van der Waals surface area contributed by atoms with Gasteiger partial charge in [-0.3, -0.25) is 0 Å². The summed E-state index contributed by atoms with van der Waals surface area (Å²) in [5.41, 5.74) is 3.06. The summed E-state index contributed by atoms with van der Waals surface area (Å²) in [6.45, 7) is 6.10. The Kier molecular flexibility index (Phi) is 8.00. The van der Waals surface area contributed by atoms with Crippen LogP contribution in [0, 0.1) is 5.41 Å². The molecule has 1 unspecified atom stereocenters. The Hall–Kier alpha value is -1.60. The molecule has 3 N–H and O–H groups in total. The lowest BCUT2D eigenvalue weighted by Gasteiger charge is -2.32. The molecule has 8 heteroatoms. The van der Waals surface area contributed by atoms with E-state index in [1.165, 1.54) is 12.8 Å². The first-order chi connectivity index (χ1) is 15.8. The Labute approximate surface area is 207 Å². The van der Waals surface area contributed by atoms with Crippen LogP contribution in [-0.2, 0) is 4.74 Å². The van der Waals surface area contributed by atoms with Crippen LogP contribution in [0.2, 0.25) is 10.2 Å². The highest BCUT2D eigenvalue weighted by atomic mass is 35.5. The van der Waals surface area contributed by atoms with E-state index in [0.29, 0.717) is 33.7 Å². The van der Waals surface area contributed by atoms with E-state index in [9.17, 15) is 0 Å². The van der Waals surface area contributed by atoms with Crippen molar-refractivity contribution < 1.29 is 4.74 Å². The molecule has 33 heavy (non-hydrogen) atoms. The van der Waals surface area contributed by atoms with E-state index in [1.807, 2.05) is 12.1 Å². The van der Waals surface area contributed by atoms with Crippen molar-refractivity contribution in [2.24, 2.45) is 5.41 Å². The van der Waals surface area contributed by atoms with E-state index in [4.69, 9.17) is 27.9 Å². The summed E-state index contributed by atoms with van der Waals surface area (Å²) < 4.78 is 5.24. The fourth-order valence-electron chi connectivity index (χ4n) is 4.47. The zero-order valence-corrected chi connectivity index (χ0v) is 21.3. The van der Waals surface area contributed by atoms with E-state index < -0.39 is 0 Å². The van der Waals surface area contributed by atoms with E-state index in [0.717, 1.165) is 61.5 Å². The average Bonchev–Trinajstić information content (AvgIpc) is 3.53. The Morgan fingerprint density at radius 3 is 2.52 bits per heavy atom. The SMILES string of the molecule is COCC(C)NC1CCC(Nc2cc(-c3cnc(Cl)c(NCC4(C)CC4)c3)c(Cl)cn2)CC1. The van der Waals surface area contributed by atoms with Crippen molar-refractivity contribution in [3.8, 4) is 11.1 Å². The highest BCUT2D eigenvalue weighted by Crippen LogP contribution is 2.45. The molecule has 0 spiro atoms. The number of hydrogen-bond acceptors (Lipinski definition) is 6. The molecule has 2 aliphatic rings. The van der Waals surface area contributed by atoms with Gasteiger partial charge in [0.05, 0.1) is 17.3 Å². The normalized spacial score (nSPS) is 22.6. The molecule has 0 aromatic carbocycles. The number of hydrogen-bond donors (Lipinski definition) is 3. The smallest absolute Gasteiger partial charge is 0.152 e. The van der Waals surface area contributed by atoms with Gasteiger partial charge >= 0.3 is 0 Å². The summed E-state index contributed by atoms with van der Waals surface area (Å²) in [6.07, 6.45) is 10.5. The molecule has 0 bridgehead atoms. The molecule has 2 saturated carbocycles. The molecule has 2 aliphatic carbocycles. The van der Waals surface area contributed by atoms with Crippen molar-refractivity contribution in [2.45, 2.75) is 70.5 Å².